The second-order valence-corrected chi connectivity index (χ2v) is 2.81. The van der Waals surface area contributed by atoms with E-state index in [-0.39, 0.29) is 19.0 Å². The van der Waals surface area contributed by atoms with Crippen LogP contribution in [0, 0.1) is 0 Å². The Morgan fingerprint density at radius 2 is 1.75 bits per heavy atom. The van der Waals surface area contributed by atoms with Crippen LogP contribution in [-0.2, 0) is 9.47 Å². The van der Waals surface area contributed by atoms with E-state index >= 15 is 0 Å². The maximum atomic E-state index is 9.22. The van der Waals surface area contributed by atoms with Gasteiger partial charge in [0.2, 0.25) is 0 Å². The third-order valence-electron chi connectivity index (χ3n) is 2.11. The van der Waals surface area contributed by atoms with Crippen molar-refractivity contribution in [2.75, 3.05) is 6.61 Å². The highest BCUT2D eigenvalue weighted by molar-refractivity contribution is 5.85. The van der Waals surface area contributed by atoms with Crippen molar-refractivity contribution in [1.29, 1.82) is 0 Å². The van der Waals surface area contributed by atoms with Crippen LogP contribution in [0.1, 0.15) is 0 Å². The second-order valence-electron chi connectivity index (χ2n) is 2.81. The molecule has 0 unspecified atom stereocenters. The molecule has 3 N–H and O–H groups in total. The molecule has 2 aliphatic rings. The first kappa shape index (κ1) is 10.2. The van der Waals surface area contributed by atoms with Gasteiger partial charge in [0.1, 0.15) is 24.4 Å². The maximum Gasteiger partial charge on any atom is 0.187 e. The zero-order valence-electron chi connectivity index (χ0n) is 6.16. The monoisotopic (exact) mass is 198 g/mol. The van der Waals surface area contributed by atoms with Crippen LogP contribution in [0.15, 0.2) is 0 Å². The van der Waals surface area contributed by atoms with E-state index in [2.05, 4.69) is 0 Å². The molecule has 6 heteroatoms. The number of aliphatic hydroxyl groups excluding tert-OH is 3. The van der Waals surface area contributed by atoms with Crippen LogP contribution in [-0.4, -0.2) is 52.6 Å². The van der Waals surface area contributed by atoms with Gasteiger partial charge in [0.25, 0.3) is 0 Å². The van der Waals surface area contributed by atoms with Crippen LogP contribution < -0.4 is 0 Å². The van der Waals surface area contributed by atoms with Crippen molar-refractivity contribution in [2.45, 2.75) is 30.7 Å². The summed E-state index contributed by atoms with van der Waals surface area (Å²) in [5.41, 5.74) is 0. The van der Waals surface area contributed by atoms with Gasteiger partial charge < -0.3 is 24.8 Å². The minimum Gasteiger partial charge on any atom is -0.394 e. The zero-order valence-corrected chi connectivity index (χ0v) is 6.98. The summed E-state index contributed by atoms with van der Waals surface area (Å²) in [6, 6.07) is 0. The van der Waals surface area contributed by atoms with Gasteiger partial charge in [-0.25, -0.2) is 0 Å². The van der Waals surface area contributed by atoms with E-state index in [1.165, 1.54) is 0 Å². The van der Waals surface area contributed by atoms with E-state index in [0.29, 0.717) is 0 Å². The van der Waals surface area contributed by atoms with Crippen molar-refractivity contribution in [3.63, 3.8) is 0 Å². The lowest BCUT2D eigenvalue weighted by molar-refractivity contribution is -0.141. The Bertz CT molecular complexity index is 160. The Kier molecular flexibility index (Phi) is 2.92. The molecule has 0 aromatic rings. The molecule has 0 amide bonds. The van der Waals surface area contributed by atoms with Crippen molar-refractivity contribution in [3.05, 3.63) is 0 Å². The fourth-order valence-electron chi connectivity index (χ4n) is 1.49. The molecule has 2 heterocycles. The predicted octanol–water partition coefficient (Wildman–Crippen LogP) is -1.75. The summed E-state index contributed by atoms with van der Waals surface area (Å²) in [6.07, 6.45) is -3.71. The van der Waals surface area contributed by atoms with Crippen LogP contribution in [0.2, 0.25) is 0 Å². The summed E-state index contributed by atoms with van der Waals surface area (Å²) >= 11 is 0. The van der Waals surface area contributed by atoms with Crippen LogP contribution in [0.25, 0.3) is 0 Å². The molecule has 5 atom stereocenters. The fraction of sp³-hybridized carbons (Fsp3) is 1.00. The van der Waals surface area contributed by atoms with Crippen molar-refractivity contribution < 1.29 is 24.8 Å². The van der Waals surface area contributed by atoms with Gasteiger partial charge in [-0.3, -0.25) is 0 Å². The number of fused-ring (bicyclic) bond motifs is 2. The van der Waals surface area contributed by atoms with Crippen molar-refractivity contribution >= 4 is 12.4 Å². The van der Waals surface area contributed by atoms with Crippen LogP contribution in [0.5, 0.6) is 0 Å². The van der Waals surface area contributed by atoms with E-state index in [0.717, 1.165) is 0 Å². The summed E-state index contributed by atoms with van der Waals surface area (Å²) in [4.78, 5) is 0. The molecule has 2 rings (SSSR count). The largest absolute Gasteiger partial charge is 0.394 e. The molecule has 0 aliphatic carbocycles. The molecule has 2 bridgehead atoms. The maximum absolute atomic E-state index is 9.22. The topological polar surface area (TPSA) is 79.2 Å². The van der Waals surface area contributed by atoms with Gasteiger partial charge in [-0.1, -0.05) is 0 Å². The molecular weight excluding hydrogens is 188 g/mol. The van der Waals surface area contributed by atoms with Crippen molar-refractivity contribution in [1.82, 2.24) is 0 Å². The zero-order chi connectivity index (χ0) is 8.01. The normalized spacial score (nSPS) is 50.8. The first-order chi connectivity index (χ1) is 5.24. The molecule has 72 valence electrons. The molecule has 2 aliphatic heterocycles. The van der Waals surface area contributed by atoms with E-state index in [9.17, 15) is 5.11 Å². The number of hydrogen-bond donors (Lipinski definition) is 3. The lowest BCUT2D eigenvalue weighted by atomic mass is 10.0. The summed E-state index contributed by atoms with van der Waals surface area (Å²) < 4.78 is 10.0. The predicted molar refractivity (Wildman–Crippen MR) is 39.9 cm³/mol. The summed E-state index contributed by atoms with van der Waals surface area (Å²) in [5, 5.41) is 27.0. The highest BCUT2D eigenvalue weighted by atomic mass is 35.5. The Labute approximate surface area is 75.3 Å². The molecule has 0 saturated carbocycles. The highest BCUT2D eigenvalue weighted by Crippen LogP contribution is 2.33. The smallest absolute Gasteiger partial charge is 0.187 e. The van der Waals surface area contributed by atoms with Gasteiger partial charge in [-0.05, 0) is 0 Å². The van der Waals surface area contributed by atoms with E-state index in [1.807, 2.05) is 0 Å². The van der Waals surface area contributed by atoms with Crippen LogP contribution in [0.3, 0.4) is 0 Å². The van der Waals surface area contributed by atoms with E-state index in [4.69, 9.17) is 19.7 Å². The molecule has 0 spiro atoms. The molecule has 0 radical (unpaired) electrons. The minimum atomic E-state index is -0.970. The standard InChI is InChI=1S/C6H10O5.ClH/c7-1-2-5-3(8)4(9)6(10-2)11-5;/h2-9H,1H2;1H/t2-,3+,4-,5-,6+;/m1./s1. The lowest BCUT2D eigenvalue weighted by Crippen LogP contribution is -2.46. The number of rotatable bonds is 1. The van der Waals surface area contributed by atoms with Gasteiger partial charge in [0, 0.05) is 0 Å². The van der Waals surface area contributed by atoms with E-state index < -0.39 is 30.7 Å². The van der Waals surface area contributed by atoms with Gasteiger partial charge in [0.15, 0.2) is 6.29 Å². The quantitative estimate of drug-likeness (QED) is 0.466. The molecule has 2 fully saturated rings. The highest BCUT2D eigenvalue weighted by Gasteiger charge is 2.54. The number of aliphatic hydroxyl groups is 3. The molecule has 5 nitrogen and oxygen atoms in total. The SMILES string of the molecule is Cl.OC[C@H]1O[C@H]2O[C@H]1[C@@H](O)[C@H]2O. The Morgan fingerprint density at radius 3 is 2.17 bits per heavy atom. The first-order valence-corrected chi connectivity index (χ1v) is 3.52. The lowest BCUT2D eigenvalue weighted by Gasteiger charge is -2.24. The third kappa shape index (κ3) is 1.22. The molecular formula is C6H11ClO5. The van der Waals surface area contributed by atoms with Gasteiger partial charge in [0.05, 0.1) is 6.61 Å². The number of ether oxygens (including phenoxy) is 2. The number of hydrogen-bond acceptors (Lipinski definition) is 5. The minimum absolute atomic E-state index is 0. The summed E-state index contributed by atoms with van der Waals surface area (Å²) in [7, 11) is 0. The second kappa shape index (κ2) is 3.45. The van der Waals surface area contributed by atoms with Crippen molar-refractivity contribution in [3.8, 4) is 0 Å². The average molecular weight is 199 g/mol. The summed E-state index contributed by atoms with van der Waals surface area (Å²) in [5.74, 6) is 0. The third-order valence-corrected chi connectivity index (χ3v) is 2.11. The fourth-order valence-corrected chi connectivity index (χ4v) is 1.49. The van der Waals surface area contributed by atoms with Gasteiger partial charge in [-0.2, -0.15) is 0 Å². The first-order valence-electron chi connectivity index (χ1n) is 3.52. The van der Waals surface area contributed by atoms with Gasteiger partial charge >= 0.3 is 0 Å². The molecule has 2 saturated heterocycles. The Morgan fingerprint density at radius 1 is 1.08 bits per heavy atom. The van der Waals surface area contributed by atoms with Crippen molar-refractivity contribution in [2.24, 2.45) is 0 Å². The van der Waals surface area contributed by atoms with Crippen LogP contribution >= 0.6 is 12.4 Å². The molecule has 0 aromatic heterocycles. The van der Waals surface area contributed by atoms with E-state index in [1.54, 1.807) is 0 Å². The van der Waals surface area contributed by atoms with Crippen LogP contribution in [0.4, 0.5) is 0 Å². The Balaban J connectivity index is 0.000000720. The summed E-state index contributed by atoms with van der Waals surface area (Å²) in [6.45, 7) is -0.190. The average Bonchev–Trinajstić information content (AvgIpc) is 2.53. The number of halogens is 1. The Hall–Kier alpha value is 0.0900. The molecule has 12 heavy (non-hydrogen) atoms. The molecule has 0 aromatic carbocycles. The van der Waals surface area contributed by atoms with Gasteiger partial charge in [-0.15, -0.1) is 12.4 Å².